The van der Waals surface area contributed by atoms with Crippen molar-refractivity contribution in [1.29, 1.82) is 0 Å². The van der Waals surface area contributed by atoms with Crippen LogP contribution in [0.5, 0.6) is 5.75 Å². The highest BCUT2D eigenvalue weighted by Gasteiger charge is 2.18. The summed E-state index contributed by atoms with van der Waals surface area (Å²) >= 11 is 1.57. The summed E-state index contributed by atoms with van der Waals surface area (Å²) in [5.74, 6) is 1.09. The minimum atomic E-state index is -0.181. The normalized spacial score (nSPS) is 15.2. The number of carbonyl (C=O) groups excluding carboxylic acids is 1. The molecule has 0 spiro atoms. The Labute approximate surface area is 146 Å². The second-order valence-electron chi connectivity index (χ2n) is 6.17. The first-order valence-electron chi connectivity index (χ1n) is 8.28. The van der Waals surface area contributed by atoms with Crippen molar-refractivity contribution >= 4 is 22.4 Å². The molecule has 2 N–H and O–H groups in total. The predicted octanol–water partition coefficient (Wildman–Crippen LogP) is 3.24. The Morgan fingerprint density at radius 1 is 1.33 bits per heavy atom. The molecule has 6 heteroatoms. The number of nitrogens with zero attached hydrogens (tertiary/aromatic N) is 1. The Morgan fingerprint density at radius 3 is 2.88 bits per heavy atom. The number of nitrogens with one attached hydrogen (secondary N) is 2. The number of ether oxygens (including phenoxy) is 1. The van der Waals surface area contributed by atoms with Crippen molar-refractivity contribution in [2.45, 2.75) is 32.6 Å². The molecule has 1 aromatic carbocycles. The molecular weight excluding hydrogens is 322 g/mol. The lowest BCUT2D eigenvalue weighted by Gasteiger charge is -2.20. The minimum absolute atomic E-state index is 0.00916. The molecule has 0 atom stereocenters. The number of amides is 1. The van der Waals surface area contributed by atoms with E-state index in [0.29, 0.717) is 16.8 Å². The van der Waals surface area contributed by atoms with Gasteiger partial charge >= 0.3 is 0 Å². The molecule has 0 aliphatic carbocycles. The Kier molecular flexibility index (Phi) is 5.48. The SMILES string of the molecule is Cc1ccc(OCC(=O)Nc2ncc(C3CCNCC3)s2)cc1C. The van der Waals surface area contributed by atoms with Gasteiger partial charge in [0, 0.05) is 11.1 Å². The molecular formula is C18H23N3O2S. The van der Waals surface area contributed by atoms with Gasteiger partial charge in [0.05, 0.1) is 0 Å². The average Bonchev–Trinajstić information content (AvgIpc) is 3.05. The monoisotopic (exact) mass is 345 g/mol. The first kappa shape index (κ1) is 16.9. The van der Waals surface area contributed by atoms with Crippen LogP contribution in [0.4, 0.5) is 5.13 Å². The van der Waals surface area contributed by atoms with Gasteiger partial charge in [-0.2, -0.15) is 0 Å². The van der Waals surface area contributed by atoms with Crippen molar-refractivity contribution in [2.75, 3.05) is 25.0 Å². The fourth-order valence-corrected chi connectivity index (χ4v) is 3.75. The van der Waals surface area contributed by atoms with Crippen LogP contribution in [-0.2, 0) is 4.79 Å². The number of piperidine rings is 1. The number of benzene rings is 1. The first-order valence-corrected chi connectivity index (χ1v) is 9.10. The standard InChI is InChI=1S/C18H23N3O2S/c1-12-3-4-15(9-13(12)2)23-11-17(22)21-18-20-10-16(24-18)14-5-7-19-8-6-14/h3-4,9-10,14,19H,5-8,11H2,1-2H3,(H,20,21,22). The molecule has 24 heavy (non-hydrogen) atoms. The molecule has 1 aliphatic rings. The fraction of sp³-hybridized carbons (Fsp3) is 0.444. The zero-order chi connectivity index (χ0) is 16.9. The molecule has 3 rings (SSSR count). The molecule has 1 amide bonds. The lowest BCUT2D eigenvalue weighted by atomic mass is 9.97. The topological polar surface area (TPSA) is 63.2 Å². The highest BCUT2D eigenvalue weighted by molar-refractivity contribution is 7.15. The van der Waals surface area contributed by atoms with Gasteiger partial charge < -0.3 is 10.1 Å². The number of rotatable bonds is 5. The van der Waals surface area contributed by atoms with Crippen LogP contribution in [0.25, 0.3) is 0 Å². The van der Waals surface area contributed by atoms with E-state index in [1.54, 1.807) is 11.3 Å². The van der Waals surface area contributed by atoms with Crippen molar-refractivity contribution < 1.29 is 9.53 Å². The number of carbonyl (C=O) groups is 1. The van der Waals surface area contributed by atoms with Crippen LogP contribution in [0.3, 0.4) is 0 Å². The van der Waals surface area contributed by atoms with E-state index in [1.807, 2.05) is 38.2 Å². The second-order valence-corrected chi connectivity index (χ2v) is 7.24. The Morgan fingerprint density at radius 2 is 2.12 bits per heavy atom. The molecule has 2 heterocycles. The molecule has 2 aromatic rings. The van der Waals surface area contributed by atoms with Gasteiger partial charge in [0.15, 0.2) is 11.7 Å². The number of anilines is 1. The lowest BCUT2D eigenvalue weighted by Crippen LogP contribution is -2.26. The van der Waals surface area contributed by atoms with Crippen LogP contribution in [-0.4, -0.2) is 30.6 Å². The van der Waals surface area contributed by atoms with Gasteiger partial charge in [-0.25, -0.2) is 4.98 Å². The third kappa shape index (κ3) is 4.33. The summed E-state index contributed by atoms with van der Waals surface area (Å²) < 4.78 is 5.56. The van der Waals surface area contributed by atoms with Gasteiger partial charge in [-0.05, 0) is 69.0 Å². The van der Waals surface area contributed by atoms with Crippen LogP contribution >= 0.6 is 11.3 Å². The van der Waals surface area contributed by atoms with Crippen LogP contribution in [0.15, 0.2) is 24.4 Å². The van der Waals surface area contributed by atoms with Crippen LogP contribution in [0.1, 0.15) is 34.8 Å². The highest BCUT2D eigenvalue weighted by atomic mass is 32.1. The van der Waals surface area contributed by atoms with Gasteiger partial charge in [-0.3, -0.25) is 10.1 Å². The maximum Gasteiger partial charge on any atom is 0.264 e. The molecule has 0 unspecified atom stereocenters. The maximum absolute atomic E-state index is 12.0. The quantitative estimate of drug-likeness (QED) is 0.873. The van der Waals surface area contributed by atoms with Crippen LogP contribution < -0.4 is 15.4 Å². The molecule has 0 radical (unpaired) electrons. The average molecular weight is 345 g/mol. The summed E-state index contributed by atoms with van der Waals surface area (Å²) in [5.41, 5.74) is 2.36. The molecule has 5 nitrogen and oxygen atoms in total. The number of hydrogen-bond donors (Lipinski definition) is 2. The minimum Gasteiger partial charge on any atom is -0.484 e. The van der Waals surface area contributed by atoms with Gasteiger partial charge in [0.2, 0.25) is 0 Å². The molecule has 1 fully saturated rings. The number of aryl methyl sites for hydroxylation is 2. The molecule has 1 aliphatic heterocycles. The van der Waals surface area contributed by atoms with E-state index in [9.17, 15) is 4.79 Å². The number of aromatic nitrogens is 1. The zero-order valence-corrected chi connectivity index (χ0v) is 14.9. The van der Waals surface area contributed by atoms with Crippen molar-refractivity contribution in [3.8, 4) is 5.75 Å². The second kappa shape index (κ2) is 7.77. The maximum atomic E-state index is 12.0. The summed E-state index contributed by atoms with van der Waals surface area (Å²) in [4.78, 5) is 17.6. The van der Waals surface area contributed by atoms with E-state index in [0.717, 1.165) is 31.5 Å². The van der Waals surface area contributed by atoms with E-state index in [2.05, 4.69) is 15.6 Å². The van der Waals surface area contributed by atoms with Gasteiger partial charge in [-0.15, -0.1) is 11.3 Å². The lowest BCUT2D eigenvalue weighted by molar-refractivity contribution is -0.118. The van der Waals surface area contributed by atoms with E-state index < -0.39 is 0 Å². The molecule has 128 valence electrons. The summed E-state index contributed by atoms with van der Waals surface area (Å²) in [6.45, 7) is 6.17. The van der Waals surface area contributed by atoms with Crippen LogP contribution in [0.2, 0.25) is 0 Å². The van der Waals surface area contributed by atoms with Crippen molar-refractivity contribution in [3.63, 3.8) is 0 Å². The van der Waals surface area contributed by atoms with E-state index in [-0.39, 0.29) is 12.5 Å². The van der Waals surface area contributed by atoms with E-state index in [1.165, 1.54) is 10.4 Å². The van der Waals surface area contributed by atoms with Crippen LogP contribution in [0, 0.1) is 13.8 Å². The fourth-order valence-electron chi connectivity index (χ4n) is 2.75. The smallest absolute Gasteiger partial charge is 0.264 e. The summed E-state index contributed by atoms with van der Waals surface area (Å²) in [6.07, 6.45) is 4.15. The summed E-state index contributed by atoms with van der Waals surface area (Å²) in [6, 6.07) is 5.82. The van der Waals surface area contributed by atoms with E-state index >= 15 is 0 Å². The Bertz CT molecular complexity index is 708. The first-order chi connectivity index (χ1) is 11.6. The third-order valence-electron chi connectivity index (χ3n) is 4.36. The predicted molar refractivity (Wildman–Crippen MR) is 97.0 cm³/mol. The summed E-state index contributed by atoms with van der Waals surface area (Å²) in [7, 11) is 0. The van der Waals surface area contributed by atoms with Crippen molar-refractivity contribution in [1.82, 2.24) is 10.3 Å². The zero-order valence-electron chi connectivity index (χ0n) is 14.1. The third-order valence-corrected chi connectivity index (χ3v) is 5.44. The number of thiazole rings is 1. The molecule has 1 saturated heterocycles. The van der Waals surface area contributed by atoms with Gasteiger partial charge in [0.25, 0.3) is 5.91 Å². The number of hydrogen-bond acceptors (Lipinski definition) is 5. The van der Waals surface area contributed by atoms with Crippen molar-refractivity contribution in [3.05, 3.63) is 40.4 Å². The Hall–Kier alpha value is -1.92. The highest BCUT2D eigenvalue weighted by Crippen LogP contribution is 2.31. The largest absolute Gasteiger partial charge is 0.484 e. The van der Waals surface area contributed by atoms with E-state index in [4.69, 9.17) is 4.74 Å². The molecule has 1 aromatic heterocycles. The van der Waals surface area contributed by atoms with Gasteiger partial charge in [-0.1, -0.05) is 6.07 Å². The Balaban J connectivity index is 1.51. The molecule has 0 bridgehead atoms. The molecule has 0 saturated carbocycles. The summed E-state index contributed by atoms with van der Waals surface area (Å²) in [5, 5.41) is 6.84. The van der Waals surface area contributed by atoms with Gasteiger partial charge in [0.1, 0.15) is 5.75 Å². The van der Waals surface area contributed by atoms with Crippen molar-refractivity contribution in [2.24, 2.45) is 0 Å².